The van der Waals surface area contributed by atoms with Crippen LogP contribution in [0.2, 0.25) is 0 Å². The minimum atomic E-state index is 0.688. The number of nitrogens with zero attached hydrogens (tertiary/aromatic N) is 2. The first-order chi connectivity index (χ1) is 7.61. The molecule has 0 aliphatic heterocycles. The average Bonchev–Trinajstić information content (AvgIpc) is 2.24. The van der Waals surface area contributed by atoms with Gasteiger partial charge in [-0.15, -0.1) is 0 Å². The summed E-state index contributed by atoms with van der Waals surface area (Å²) in [5.41, 5.74) is 0. The van der Waals surface area contributed by atoms with Crippen molar-refractivity contribution in [3.63, 3.8) is 0 Å². The molecule has 0 atom stereocenters. The van der Waals surface area contributed by atoms with Gasteiger partial charge >= 0.3 is 0 Å². The lowest BCUT2D eigenvalue weighted by Gasteiger charge is -2.26. The first-order valence-corrected chi connectivity index (χ1v) is 6.19. The maximum atomic E-state index is 5.35. The van der Waals surface area contributed by atoms with E-state index in [9.17, 15) is 0 Å². The van der Waals surface area contributed by atoms with Crippen molar-refractivity contribution in [1.82, 2.24) is 15.1 Å². The van der Waals surface area contributed by atoms with Crippen LogP contribution in [0.3, 0.4) is 0 Å². The van der Waals surface area contributed by atoms with Crippen LogP contribution >= 0.6 is 12.2 Å². The summed E-state index contributed by atoms with van der Waals surface area (Å²) in [4.78, 5) is 4.38. The monoisotopic (exact) mass is 247 g/mol. The molecule has 0 bridgehead atoms. The molecule has 0 radical (unpaired) electrons. The fourth-order valence-electron chi connectivity index (χ4n) is 1.28. The van der Waals surface area contributed by atoms with Gasteiger partial charge in [0.05, 0.1) is 6.61 Å². The summed E-state index contributed by atoms with van der Waals surface area (Å²) >= 11 is 5.35. The Morgan fingerprint density at radius 3 is 2.44 bits per heavy atom. The molecule has 5 heteroatoms. The normalized spacial score (nSPS) is 10.6. The van der Waals surface area contributed by atoms with E-state index in [0.29, 0.717) is 6.61 Å². The highest BCUT2D eigenvalue weighted by Gasteiger charge is 2.07. The van der Waals surface area contributed by atoms with Gasteiger partial charge in [0, 0.05) is 33.3 Å². The minimum Gasteiger partial charge on any atom is -0.383 e. The van der Waals surface area contributed by atoms with Crippen molar-refractivity contribution in [3.8, 4) is 0 Å². The van der Waals surface area contributed by atoms with Crippen LogP contribution in [0.5, 0.6) is 0 Å². The SMILES string of the molecule is CCCN(CCN(C)C)C(=S)NCCOC. The van der Waals surface area contributed by atoms with Gasteiger partial charge in [0.25, 0.3) is 0 Å². The van der Waals surface area contributed by atoms with Gasteiger partial charge in [-0.1, -0.05) is 6.92 Å². The van der Waals surface area contributed by atoms with Crippen LogP contribution in [0.15, 0.2) is 0 Å². The molecule has 0 aromatic heterocycles. The van der Waals surface area contributed by atoms with E-state index >= 15 is 0 Å². The van der Waals surface area contributed by atoms with E-state index in [1.807, 2.05) is 0 Å². The summed E-state index contributed by atoms with van der Waals surface area (Å²) in [6.45, 7) is 6.63. The number of rotatable bonds is 8. The Labute approximate surface area is 105 Å². The Kier molecular flexibility index (Phi) is 9.57. The molecule has 0 aliphatic carbocycles. The van der Waals surface area contributed by atoms with Gasteiger partial charge in [0.1, 0.15) is 0 Å². The van der Waals surface area contributed by atoms with E-state index in [0.717, 1.165) is 37.7 Å². The molecule has 0 rings (SSSR count). The van der Waals surface area contributed by atoms with Gasteiger partial charge in [-0.05, 0) is 32.7 Å². The summed E-state index contributed by atoms with van der Waals surface area (Å²) < 4.78 is 4.98. The van der Waals surface area contributed by atoms with Crippen molar-refractivity contribution in [1.29, 1.82) is 0 Å². The van der Waals surface area contributed by atoms with Crippen LogP contribution < -0.4 is 5.32 Å². The molecule has 0 heterocycles. The van der Waals surface area contributed by atoms with Crippen LogP contribution in [-0.4, -0.2) is 68.9 Å². The molecule has 16 heavy (non-hydrogen) atoms. The highest BCUT2D eigenvalue weighted by Crippen LogP contribution is 1.94. The van der Waals surface area contributed by atoms with E-state index in [1.165, 1.54) is 0 Å². The Hall–Kier alpha value is -0.390. The van der Waals surface area contributed by atoms with Crippen molar-refractivity contribution in [2.75, 3.05) is 54.0 Å². The van der Waals surface area contributed by atoms with Gasteiger partial charge in [-0.2, -0.15) is 0 Å². The van der Waals surface area contributed by atoms with Crippen LogP contribution in [0.4, 0.5) is 0 Å². The number of thiocarbonyl (C=S) groups is 1. The van der Waals surface area contributed by atoms with Crippen LogP contribution in [0.25, 0.3) is 0 Å². The molecule has 96 valence electrons. The molecule has 0 fully saturated rings. The summed E-state index contributed by atoms with van der Waals surface area (Å²) in [6.07, 6.45) is 1.11. The van der Waals surface area contributed by atoms with Gasteiger partial charge in [0.2, 0.25) is 0 Å². The third kappa shape index (κ3) is 7.84. The minimum absolute atomic E-state index is 0.688. The zero-order valence-corrected chi connectivity index (χ0v) is 11.8. The Morgan fingerprint density at radius 2 is 1.94 bits per heavy atom. The fraction of sp³-hybridized carbons (Fsp3) is 0.909. The second kappa shape index (κ2) is 9.81. The molecule has 0 unspecified atom stereocenters. The first kappa shape index (κ1) is 15.6. The van der Waals surface area contributed by atoms with E-state index in [-0.39, 0.29) is 0 Å². The molecule has 1 N–H and O–H groups in total. The van der Waals surface area contributed by atoms with Crippen LogP contribution in [0.1, 0.15) is 13.3 Å². The zero-order valence-electron chi connectivity index (χ0n) is 11.0. The van der Waals surface area contributed by atoms with E-state index in [2.05, 4.69) is 36.1 Å². The number of ether oxygens (including phenoxy) is 1. The molecule has 0 aromatic rings. The lowest BCUT2D eigenvalue weighted by molar-refractivity contribution is 0.202. The molecular weight excluding hydrogens is 222 g/mol. The topological polar surface area (TPSA) is 27.7 Å². The third-order valence-electron chi connectivity index (χ3n) is 2.18. The Balaban J connectivity index is 3.92. The highest BCUT2D eigenvalue weighted by atomic mass is 32.1. The lowest BCUT2D eigenvalue weighted by Crippen LogP contribution is -2.44. The predicted molar refractivity (Wildman–Crippen MR) is 72.9 cm³/mol. The third-order valence-corrected chi connectivity index (χ3v) is 2.58. The van der Waals surface area contributed by atoms with Gasteiger partial charge in [0.15, 0.2) is 5.11 Å². The van der Waals surface area contributed by atoms with E-state index < -0.39 is 0 Å². The Bertz CT molecular complexity index is 188. The average molecular weight is 247 g/mol. The molecule has 0 saturated carbocycles. The summed E-state index contributed by atoms with van der Waals surface area (Å²) in [7, 11) is 5.84. The second-order valence-electron chi connectivity index (χ2n) is 4.02. The van der Waals surface area contributed by atoms with Gasteiger partial charge in [-0.25, -0.2) is 0 Å². The van der Waals surface area contributed by atoms with E-state index in [4.69, 9.17) is 17.0 Å². The van der Waals surface area contributed by atoms with Crippen molar-refractivity contribution in [2.45, 2.75) is 13.3 Å². The molecule has 0 amide bonds. The molecule has 0 aromatic carbocycles. The fourth-order valence-corrected chi connectivity index (χ4v) is 1.56. The predicted octanol–water partition coefficient (Wildman–Crippen LogP) is 0.781. The van der Waals surface area contributed by atoms with Crippen molar-refractivity contribution < 1.29 is 4.74 Å². The number of hydrogen-bond donors (Lipinski definition) is 1. The second-order valence-corrected chi connectivity index (χ2v) is 4.40. The Morgan fingerprint density at radius 1 is 1.25 bits per heavy atom. The molecule has 0 aliphatic rings. The standard InChI is InChI=1S/C11H25N3OS/c1-5-7-14(9-8-13(2)3)11(16)12-6-10-15-4/h5-10H2,1-4H3,(H,12,16). The highest BCUT2D eigenvalue weighted by molar-refractivity contribution is 7.80. The summed E-state index contributed by atoms with van der Waals surface area (Å²) in [5, 5.41) is 4.04. The smallest absolute Gasteiger partial charge is 0.169 e. The maximum absolute atomic E-state index is 5.35. The number of methoxy groups -OCH3 is 1. The maximum Gasteiger partial charge on any atom is 0.169 e. The molecule has 4 nitrogen and oxygen atoms in total. The van der Waals surface area contributed by atoms with E-state index in [1.54, 1.807) is 7.11 Å². The summed E-state index contributed by atoms with van der Waals surface area (Å²) in [5.74, 6) is 0. The molecular formula is C11H25N3OS. The number of hydrogen-bond acceptors (Lipinski definition) is 3. The molecule has 0 saturated heterocycles. The van der Waals surface area contributed by atoms with Crippen molar-refractivity contribution in [2.24, 2.45) is 0 Å². The molecule has 0 spiro atoms. The first-order valence-electron chi connectivity index (χ1n) is 5.78. The van der Waals surface area contributed by atoms with Gasteiger partial charge < -0.3 is 19.9 Å². The van der Waals surface area contributed by atoms with Crippen LogP contribution in [0, 0.1) is 0 Å². The summed E-state index contributed by atoms with van der Waals surface area (Å²) in [6, 6.07) is 0. The van der Waals surface area contributed by atoms with Crippen molar-refractivity contribution >= 4 is 17.3 Å². The van der Waals surface area contributed by atoms with Gasteiger partial charge in [-0.3, -0.25) is 0 Å². The lowest BCUT2D eigenvalue weighted by atomic mass is 10.4. The van der Waals surface area contributed by atoms with Crippen LogP contribution in [-0.2, 0) is 4.74 Å². The quantitative estimate of drug-likeness (QED) is 0.505. The number of likely N-dealkylation sites (N-methyl/N-ethyl adjacent to an activating group) is 1. The van der Waals surface area contributed by atoms with Crippen molar-refractivity contribution in [3.05, 3.63) is 0 Å². The largest absolute Gasteiger partial charge is 0.383 e. The zero-order chi connectivity index (χ0) is 12.4. The number of nitrogens with one attached hydrogen (secondary N) is 1.